The molecule has 1 amide bonds. The molecule has 0 atom stereocenters. The highest BCUT2D eigenvalue weighted by atomic mass is 35.5. The number of aromatic nitrogens is 2. The van der Waals surface area contributed by atoms with Crippen LogP contribution in [0.15, 0.2) is 52.4 Å². The summed E-state index contributed by atoms with van der Waals surface area (Å²) in [4.78, 5) is 30.0. The van der Waals surface area contributed by atoms with Gasteiger partial charge in [0.25, 0.3) is 5.56 Å². The summed E-state index contributed by atoms with van der Waals surface area (Å²) in [6, 6.07) is 13.0. The maximum atomic E-state index is 13.0. The zero-order valence-electron chi connectivity index (χ0n) is 16.7. The number of rotatable bonds is 7. The predicted molar refractivity (Wildman–Crippen MR) is 120 cm³/mol. The number of nitrogens with one attached hydrogen (secondary N) is 1. The fourth-order valence-corrected chi connectivity index (χ4v) is 4.00. The Bertz CT molecular complexity index is 1100. The van der Waals surface area contributed by atoms with E-state index in [1.54, 1.807) is 22.8 Å². The van der Waals surface area contributed by atoms with Gasteiger partial charge in [0, 0.05) is 18.1 Å². The molecule has 152 valence electrons. The number of carbonyl (C=O) groups is 1. The summed E-state index contributed by atoms with van der Waals surface area (Å²) in [5.74, 6) is 0.357. The molecule has 0 aliphatic heterocycles. The van der Waals surface area contributed by atoms with E-state index < -0.39 is 0 Å². The number of amides is 1. The third-order valence-corrected chi connectivity index (χ3v) is 5.71. The first-order valence-corrected chi connectivity index (χ1v) is 10.9. The molecule has 1 aromatic heterocycles. The van der Waals surface area contributed by atoms with Crippen molar-refractivity contribution < 1.29 is 4.79 Å². The van der Waals surface area contributed by atoms with E-state index in [9.17, 15) is 9.59 Å². The highest BCUT2D eigenvalue weighted by Gasteiger charge is 2.15. The van der Waals surface area contributed by atoms with Crippen molar-refractivity contribution in [3.05, 3.63) is 69.0 Å². The van der Waals surface area contributed by atoms with Gasteiger partial charge in [-0.15, -0.1) is 0 Å². The number of benzene rings is 2. The van der Waals surface area contributed by atoms with E-state index in [2.05, 4.69) is 10.3 Å². The van der Waals surface area contributed by atoms with Crippen molar-refractivity contribution in [1.82, 2.24) is 14.9 Å². The van der Waals surface area contributed by atoms with Gasteiger partial charge in [0.15, 0.2) is 5.16 Å². The average molecular weight is 430 g/mol. The van der Waals surface area contributed by atoms with E-state index in [4.69, 9.17) is 11.6 Å². The molecule has 7 heteroatoms. The second-order valence-corrected chi connectivity index (χ2v) is 8.74. The molecule has 3 rings (SSSR count). The van der Waals surface area contributed by atoms with Crippen LogP contribution >= 0.6 is 23.4 Å². The fraction of sp³-hybridized carbons (Fsp3) is 0.318. The van der Waals surface area contributed by atoms with E-state index in [-0.39, 0.29) is 23.1 Å². The molecule has 0 unspecified atom stereocenters. The lowest BCUT2D eigenvalue weighted by Gasteiger charge is -2.15. The molecular formula is C22H24ClN3O2S. The molecule has 0 saturated heterocycles. The summed E-state index contributed by atoms with van der Waals surface area (Å²) in [7, 11) is 0. The molecule has 2 aromatic carbocycles. The predicted octanol–water partition coefficient (Wildman–Crippen LogP) is 4.42. The summed E-state index contributed by atoms with van der Waals surface area (Å²) in [5, 5.41) is 4.48. The van der Waals surface area contributed by atoms with Crippen LogP contribution in [0.3, 0.4) is 0 Å². The third kappa shape index (κ3) is 5.40. The molecule has 0 spiro atoms. The monoisotopic (exact) mass is 429 g/mol. The number of nitrogens with zero attached hydrogens (tertiary/aromatic N) is 2. The summed E-state index contributed by atoms with van der Waals surface area (Å²) in [6.07, 6.45) is 0. The normalized spacial score (nSPS) is 11.2. The summed E-state index contributed by atoms with van der Waals surface area (Å²) in [6.45, 7) is 7.11. The van der Waals surface area contributed by atoms with Gasteiger partial charge in [-0.05, 0) is 42.2 Å². The molecule has 0 bridgehead atoms. The number of aryl methyl sites for hydroxylation is 1. The minimum absolute atomic E-state index is 0.0974. The Kier molecular flexibility index (Phi) is 6.98. The quantitative estimate of drug-likeness (QED) is 0.446. The number of halogens is 1. The van der Waals surface area contributed by atoms with Crippen LogP contribution in [0, 0.1) is 12.8 Å². The van der Waals surface area contributed by atoms with Crippen LogP contribution < -0.4 is 10.9 Å². The first kappa shape index (κ1) is 21.4. The minimum atomic E-state index is -0.131. The molecule has 1 N–H and O–H groups in total. The van der Waals surface area contributed by atoms with E-state index >= 15 is 0 Å². The minimum Gasteiger partial charge on any atom is -0.351 e. The molecule has 5 nitrogen and oxygen atoms in total. The molecule has 1 heterocycles. The van der Waals surface area contributed by atoms with Crippen LogP contribution in [0.25, 0.3) is 10.9 Å². The Morgan fingerprint density at radius 1 is 1.24 bits per heavy atom. The van der Waals surface area contributed by atoms with Gasteiger partial charge in [-0.25, -0.2) is 4.98 Å². The van der Waals surface area contributed by atoms with Gasteiger partial charge >= 0.3 is 0 Å². The third-order valence-electron chi connectivity index (χ3n) is 4.50. The average Bonchev–Trinajstić information content (AvgIpc) is 2.68. The summed E-state index contributed by atoms with van der Waals surface area (Å²) in [5.41, 5.74) is 2.68. The van der Waals surface area contributed by atoms with Crippen molar-refractivity contribution >= 4 is 40.2 Å². The van der Waals surface area contributed by atoms with Gasteiger partial charge in [-0.3, -0.25) is 14.2 Å². The van der Waals surface area contributed by atoms with Crippen molar-refractivity contribution in [3.8, 4) is 0 Å². The van der Waals surface area contributed by atoms with Crippen LogP contribution in [0.4, 0.5) is 0 Å². The van der Waals surface area contributed by atoms with Crippen LogP contribution in [0.1, 0.15) is 25.0 Å². The molecule has 0 fully saturated rings. The largest absolute Gasteiger partial charge is 0.351 e. The zero-order valence-corrected chi connectivity index (χ0v) is 18.3. The zero-order chi connectivity index (χ0) is 21.0. The maximum absolute atomic E-state index is 13.0. The van der Waals surface area contributed by atoms with Gasteiger partial charge in [-0.2, -0.15) is 0 Å². The SMILES string of the molecule is Cc1ccccc1CNC(=O)CSc1nc2ccc(Cl)cc2c(=O)n1CC(C)C. The summed E-state index contributed by atoms with van der Waals surface area (Å²) >= 11 is 7.33. The van der Waals surface area contributed by atoms with E-state index in [0.717, 1.165) is 11.1 Å². The molecule has 0 saturated carbocycles. The van der Waals surface area contributed by atoms with Crippen LogP contribution in [-0.4, -0.2) is 21.2 Å². The molecule has 0 aliphatic carbocycles. The van der Waals surface area contributed by atoms with Crippen molar-refractivity contribution in [2.45, 2.75) is 39.0 Å². The number of hydrogen-bond acceptors (Lipinski definition) is 4. The number of carbonyl (C=O) groups excluding carboxylic acids is 1. The lowest BCUT2D eigenvalue weighted by atomic mass is 10.1. The van der Waals surface area contributed by atoms with Crippen LogP contribution in [0.2, 0.25) is 5.02 Å². The van der Waals surface area contributed by atoms with Crippen molar-refractivity contribution in [1.29, 1.82) is 0 Å². The van der Waals surface area contributed by atoms with Gasteiger partial charge in [-0.1, -0.05) is 61.5 Å². The summed E-state index contributed by atoms with van der Waals surface area (Å²) < 4.78 is 1.64. The highest BCUT2D eigenvalue weighted by Crippen LogP contribution is 2.21. The second kappa shape index (κ2) is 9.46. The molecule has 29 heavy (non-hydrogen) atoms. The van der Waals surface area contributed by atoms with Gasteiger partial charge < -0.3 is 5.32 Å². The first-order valence-electron chi connectivity index (χ1n) is 9.49. The maximum Gasteiger partial charge on any atom is 0.262 e. The Morgan fingerprint density at radius 3 is 2.72 bits per heavy atom. The lowest BCUT2D eigenvalue weighted by Crippen LogP contribution is -2.28. The van der Waals surface area contributed by atoms with Crippen LogP contribution in [-0.2, 0) is 17.9 Å². The van der Waals surface area contributed by atoms with Crippen molar-refractivity contribution in [2.24, 2.45) is 5.92 Å². The Labute approximate surface area is 179 Å². The highest BCUT2D eigenvalue weighted by molar-refractivity contribution is 7.99. The van der Waals surface area contributed by atoms with Crippen molar-refractivity contribution in [2.75, 3.05) is 5.75 Å². The second-order valence-electron chi connectivity index (χ2n) is 7.36. The number of hydrogen-bond donors (Lipinski definition) is 1. The topological polar surface area (TPSA) is 64.0 Å². The Balaban J connectivity index is 1.77. The van der Waals surface area contributed by atoms with Gasteiger partial charge in [0.05, 0.1) is 16.7 Å². The number of thioether (sulfide) groups is 1. The lowest BCUT2D eigenvalue weighted by molar-refractivity contribution is -0.118. The Morgan fingerprint density at radius 2 is 2.00 bits per heavy atom. The standard InChI is InChI=1S/C22H24ClN3O2S/c1-14(2)12-26-21(28)18-10-17(23)8-9-19(18)25-22(26)29-13-20(27)24-11-16-7-5-4-6-15(16)3/h4-10,14H,11-13H2,1-3H3,(H,24,27). The molecule has 0 aliphatic rings. The van der Waals surface area contributed by atoms with Gasteiger partial charge in [0.1, 0.15) is 0 Å². The van der Waals surface area contributed by atoms with E-state index in [1.807, 2.05) is 45.0 Å². The fourth-order valence-electron chi connectivity index (χ4n) is 2.99. The van der Waals surface area contributed by atoms with E-state index in [0.29, 0.717) is 34.2 Å². The number of fused-ring (bicyclic) bond motifs is 1. The van der Waals surface area contributed by atoms with Gasteiger partial charge in [0.2, 0.25) is 5.91 Å². The smallest absolute Gasteiger partial charge is 0.262 e. The Hall–Kier alpha value is -2.31. The first-order chi connectivity index (χ1) is 13.8. The molecule has 0 radical (unpaired) electrons. The van der Waals surface area contributed by atoms with E-state index in [1.165, 1.54) is 11.8 Å². The molecule has 3 aromatic rings. The molecular weight excluding hydrogens is 406 g/mol. The van der Waals surface area contributed by atoms with Crippen molar-refractivity contribution in [3.63, 3.8) is 0 Å². The van der Waals surface area contributed by atoms with Crippen LogP contribution in [0.5, 0.6) is 0 Å².